The highest BCUT2D eigenvalue weighted by molar-refractivity contribution is 5.69. The van der Waals surface area contributed by atoms with Crippen molar-refractivity contribution in [1.29, 1.82) is 0 Å². The lowest BCUT2D eigenvalue weighted by molar-refractivity contribution is -0.143. The molecule has 0 aliphatic carbocycles. The van der Waals surface area contributed by atoms with Crippen molar-refractivity contribution < 1.29 is 9.53 Å². The molecular weight excluding hydrogens is 184 g/mol. The van der Waals surface area contributed by atoms with Crippen LogP contribution < -0.4 is 5.56 Å². The molecule has 0 aliphatic heterocycles. The second-order valence-corrected chi connectivity index (χ2v) is 2.75. The minimum Gasteiger partial charge on any atom is -0.465 e. The number of esters is 1. The number of hydrogen-bond donors (Lipinski definition) is 0. The van der Waals surface area contributed by atoms with E-state index in [1.165, 1.54) is 17.0 Å². The third-order valence-electron chi connectivity index (χ3n) is 1.69. The monoisotopic (exact) mass is 196 g/mol. The van der Waals surface area contributed by atoms with Crippen molar-refractivity contribution in [3.05, 3.63) is 28.4 Å². The molecule has 0 bridgehead atoms. The van der Waals surface area contributed by atoms with Gasteiger partial charge in [0.15, 0.2) is 0 Å². The molecule has 0 radical (unpaired) electrons. The largest absolute Gasteiger partial charge is 0.465 e. The Hall–Kier alpha value is -1.65. The first-order chi connectivity index (χ1) is 6.65. The molecule has 0 amide bonds. The number of hydrogen-bond acceptors (Lipinski definition) is 4. The summed E-state index contributed by atoms with van der Waals surface area (Å²) in [6.45, 7) is 3.58. The molecule has 0 saturated heterocycles. The van der Waals surface area contributed by atoms with Crippen molar-refractivity contribution in [2.45, 2.75) is 20.4 Å². The SMILES string of the molecule is CCOC(=O)Cn1ccnc(C)c1=O. The minimum atomic E-state index is -0.416. The van der Waals surface area contributed by atoms with Crippen LogP contribution in [0.1, 0.15) is 12.6 Å². The van der Waals surface area contributed by atoms with E-state index in [9.17, 15) is 9.59 Å². The lowest BCUT2D eigenvalue weighted by Crippen LogP contribution is -2.27. The van der Waals surface area contributed by atoms with Gasteiger partial charge in [-0.1, -0.05) is 0 Å². The molecule has 0 unspecified atom stereocenters. The second kappa shape index (κ2) is 4.55. The van der Waals surface area contributed by atoms with Crippen LogP contribution in [-0.4, -0.2) is 22.1 Å². The Morgan fingerprint density at radius 1 is 1.64 bits per heavy atom. The summed E-state index contributed by atoms with van der Waals surface area (Å²) in [5.41, 5.74) is 0.109. The second-order valence-electron chi connectivity index (χ2n) is 2.75. The zero-order valence-electron chi connectivity index (χ0n) is 8.19. The summed E-state index contributed by atoms with van der Waals surface area (Å²) in [7, 11) is 0. The standard InChI is InChI=1S/C9H12N2O3/c1-3-14-8(12)6-11-5-4-10-7(2)9(11)13/h4-5H,3,6H2,1-2H3. The van der Waals surface area contributed by atoms with Gasteiger partial charge < -0.3 is 9.30 Å². The predicted octanol–water partition coefficient (Wildman–Crippen LogP) is 0.115. The molecule has 0 atom stereocenters. The normalized spacial score (nSPS) is 9.86. The van der Waals surface area contributed by atoms with E-state index in [1.807, 2.05) is 0 Å². The van der Waals surface area contributed by atoms with Gasteiger partial charge in [-0.2, -0.15) is 0 Å². The Balaban J connectivity index is 2.82. The van der Waals surface area contributed by atoms with Crippen LogP contribution in [0.5, 0.6) is 0 Å². The van der Waals surface area contributed by atoms with Crippen LogP contribution in [0.3, 0.4) is 0 Å². The maximum absolute atomic E-state index is 11.4. The summed E-state index contributed by atoms with van der Waals surface area (Å²) >= 11 is 0. The smallest absolute Gasteiger partial charge is 0.326 e. The van der Waals surface area contributed by atoms with Gasteiger partial charge in [0.25, 0.3) is 5.56 Å². The summed E-state index contributed by atoms with van der Waals surface area (Å²) in [4.78, 5) is 26.3. The fraction of sp³-hybridized carbons (Fsp3) is 0.444. The number of ether oxygens (including phenoxy) is 1. The lowest BCUT2D eigenvalue weighted by atomic mass is 10.4. The maximum atomic E-state index is 11.4. The average Bonchev–Trinajstić information content (AvgIpc) is 2.13. The van der Waals surface area contributed by atoms with Crippen LogP contribution in [0.15, 0.2) is 17.2 Å². The molecule has 1 rings (SSSR count). The first kappa shape index (κ1) is 10.4. The molecule has 0 aliphatic rings. The van der Waals surface area contributed by atoms with Crippen LogP contribution in [-0.2, 0) is 16.1 Å². The summed E-state index contributed by atoms with van der Waals surface area (Å²) in [5.74, 6) is -0.416. The van der Waals surface area contributed by atoms with Gasteiger partial charge in [-0.25, -0.2) is 0 Å². The fourth-order valence-corrected chi connectivity index (χ4v) is 1.03. The van der Waals surface area contributed by atoms with E-state index in [1.54, 1.807) is 13.8 Å². The molecule has 0 N–H and O–H groups in total. The van der Waals surface area contributed by atoms with E-state index >= 15 is 0 Å². The predicted molar refractivity (Wildman–Crippen MR) is 49.9 cm³/mol. The van der Waals surface area contributed by atoms with Gasteiger partial charge in [0.1, 0.15) is 12.2 Å². The molecule has 0 fully saturated rings. The van der Waals surface area contributed by atoms with E-state index in [-0.39, 0.29) is 12.1 Å². The Morgan fingerprint density at radius 3 is 3.00 bits per heavy atom. The number of carbonyl (C=O) groups excluding carboxylic acids is 1. The van der Waals surface area contributed by atoms with Crippen molar-refractivity contribution in [2.75, 3.05) is 6.61 Å². The fourth-order valence-electron chi connectivity index (χ4n) is 1.03. The van der Waals surface area contributed by atoms with E-state index < -0.39 is 5.97 Å². The minimum absolute atomic E-state index is 0.0595. The van der Waals surface area contributed by atoms with Gasteiger partial charge in [0.2, 0.25) is 0 Å². The highest BCUT2D eigenvalue weighted by atomic mass is 16.5. The summed E-state index contributed by atoms with van der Waals surface area (Å²) < 4.78 is 6.00. The molecule has 1 aromatic heterocycles. The molecule has 1 heterocycles. The van der Waals surface area contributed by atoms with Gasteiger partial charge in [-0.15, -0.1) is 0 Å². The zero-order valence-corrected chi connectivity index (χ0v) is 8.19. The van der Waals surface area contributed by atoms with Crippen LogP contribution in [0.25, 0.3) is 0 Å². The summed E-state index contributed by atoms with van der Waals surface area (Å²) in [5, 5.41) is 0. The zero-order chi connectivity index (χ0) is 10.6. The Bertz CT molecular complexity index is 384. The van der Waals surface area contributed by atoms with Crippen LogP contribution in [0, 0.1) is 6.92 Å². The molecular formula is C9H12N2O3. The van der Waals surface area contributed by atoms with Gasteiger partial charge in [0, 0.05) is 12.4 Å². The van der Waals surface area contributed by atoms with Gasteiger partial charge in [-0.05, 0) is 13.8 Å². The molecule has 76 valence electrons. The number of carbonyl (C=O) groups is 1. The van der Waals surface area contributed by atoms with Gasteiger partial charge in [-0.3, -0.25) is 14.6 Å². The first-order valence-electron chi connectivity index (χ1n) is 4.32. The Kier molecular flexibility index (Phi) is 3.39. The summed E-state index contributed by atoms with van der Waals surface area (Å²) in [6, 6.07) is 0. The number of nitrogens with zero attached hydrogens (tertiary/aromatic N) is 2. The van der Waals surface area contributed by atoms with E-state index in [0.29, 0.717) is 12.3 Å². The molecule has 14 heavy (non-hydrogen) atoms. The van der Waals surface area contributed by atoms with E-state index in [2.05, 4.69) is 4.98 Å². The molecule has 0 spiro atoms. The third-order valence-corrected chi connectivity index (χ3v) is 1.69. The Morgan fingerprint density at radius 2 is 2.36 bits per heavy atom. The number of aryl methyl sites for hydroxylation is 1. The van der Waals surface area contributed by atoms with Crippen molar-refractivity contribution in [3.8, 4) is 0 Å². The van der Waals surface area contributed by atoms with E-state index in [4.69, 9.17) is 4.74 Å². The van der Waals surface area contributed by atoms with Crippen LogP contribution in [0.4, 0.5) is 0 Å². The molecule has 5 heteroatoms. The van der Waals surface area contributed by atoms with Crippen molar-refractivity contribution in [2.24, 2.45) is 0 Å². The molecule has 0 aromatic carbocycles. The van der Waals surface area contributed by atoms with Gasteiger partial charge >= 0.3 is 5.97 Å². The highest BCUT2D eigenvalue weighted by Gasteiger charge is 2.05. The third kappa shape index (κ3) is 2.42. The average molecular weight is 196 g/mol. The first-order valence-corrected chi connectivity index (χ1v) is 4.32. The maximum Gasteiger partial charge on any atom is 0.326 e. The van der Waals surface area contributed by atoms with Crippen molar-refractivity contribution in [1.82, 2.24) is 9.55 Å². The van der Waals surface area contributed by atoms with E-state index in [0.717, 1.165) is 0 Å². The Labute approximate surface area is 81.3 Å². The highest BCUT2D eigenvalue weighted by Crippen LogP contribution is 1.87. The quantitative estimate of drug-likeness (QED) is 0.644. The lowest BCUT2D eigenvalue weighted by Gasteiger charge is -2.04. The van der Waals surface area contributed by atoms with Gasteiger partial charge in [0.05, 0.1) is 6.61 Å². The molecule has 0 saturated carbocycles. The molecule has 1 aromatic rings. The van der Waals surface area contributed by atoms with Crippen LogP contribution in [0.2, 0.25) is 0 Å². The number of rotatable bonds is 3. The van der Waals surface area contributed by atoms with Crippen LogP contribution >= 0.6 is 0 Å². The van der Waals surface area contributed by atoms with Crippen molar-refractivity contribution >= 4 is 5.97 Å². The summed E-state index contributed by atoms with van der Waals surface area (Å²) in [6.07, 6.45) is 2.95. The number of aromatic nitrogens is 2. The topological polar surface area (TPSA) is 61.2 Å². The van der Waals surface area contributed by atoms with Crippen molar-refractivity contribution in [3.63, 3.8) is 0 Å². The molecule has 5 nitrogen and oxygen atoms in total.